The highest BCUT2D eigenvalue weighted by molar-refractivity contribution is 5.48. The first kappa shape index (κ1) is 13.3. The lowest BCUT2D eigenvalue weighted by Gasteiger charge is -2.30. The molecule has 3 rings (SSSR count). The van der Waals surface area contributed by atoms with Crippen molar-refractivity contribution in [3.8, 4) is 17.6 Å². The number of hydrogen-bond acceptors (Lipinski definition) is 4. The maximum absolute atomic E-state index is 9.22. The fourth-order valence-electron chi connectivity index (χ4n) is 2.96. The molecule has 0 spiro atoms. The van der Waals surface area contributed by atoms with Gasteiger partial charge >= 0.3 is 0 Å². The summed E-state index contributed by atoms with van der Waals surface area (Å²) in [5.74, 6) is 1.59. The average molecular weight is 272 g/mol. The Morgan fingerprint density at radius 2 is 1.85 bits per heavy atom. The number of ether oxygens (including phenoxy) is 2. The normalized spacial score (nSPS) is 19.9. The molecule has 0 saturated heterocycles. The monoisotopic (exact) mass is 272 g/mol. The van der Waals surface area contributed by atoms with Gasteiger partial charge in [0.15, 0.2) is 11.5 Å². The van der Waals surface area contributed by atoms with E-state index in [0.29, 0.717) is 0 Å². The summed E-state index contributed by atoms with van der Waals surface area (Å²) in [6.45, 7) is 2.82. The molecule has 0 atom stereocenters. The summed E-state index contributed by atoms with van der Waals surface area (Å²) >= 11 is 0. The molecule has 0 radical (unpaired) electrons. The molecule has 4 nitrogen and oxygen atoms in total. The summed E-state index contributed by atoms with van der Waals surface area (Å²) < 4.78 is 10.7. The van der Waals surface area contributed by atoms with Crippen LogP contribution in [0, 0.1) is 16.7 Å². The molecule has 1 aromatic carbocycles. The van der Waals surface area contributed by atoms with Gasteiger partial charge < -0.3 is 9.47 Å². The molecule has 1 aliphatic carbocycles. The number of methoxy groups -OCH3 is 2. The molecule has 1 saturated carbocycles. The second kappa shape index (κ2) is 4.99. The molecular weight excluding hydrogens is 252 g/mol. The first-order chi connectivity index (χ1) is 9.69. The quantitative estimate of drug-likeness (QED) is 0.844. The summed E-state index contributed by atoms with van der Waals surface area (Å²) in [5.41, 5.74) is 2.57. The molecule has 0 N–H and O–H groups in total. The van der Waals surface area contributed by atoms with E-state index in [4.69, 9.17) is 9.47 Å². The van der Waals surface area contributed by atoms with Gasteiger partial charge in [-0.25, -0.2) is 0 Å². The van der Waals surface area contributed by atoms with Gasteiger partial charge in [-0.1, -0.05) is 0 Å². The highest BCUT2D eigenvalue weighted by atomic mass is 16.5. The summed E-state index contributed by atoms with van der Waals surface area (Å²) in [6.07, 6.45) is 3.12. The van der Waals surface area contributed by atoms with Crippen molar-refractivity contribution >= 4 is 0 Å². The van der Waals surface area contributed by atoms with Crippen LogP contribution in [-0.4, -0.2) is 32.2 Å². The second-order valence-electron chi connectivity index (χ2n) is 5.83. The molecule has 2 aliphatic rings. The van der Waals surface area contributed by atoms with Crippen molar-refractivity contribution in [2.45, 2.75) is 25.8 Å². The molecular formula is C16H20N2O2. The third-order valence-corrected chi connectivity index (χ3v) is 4.41. The predicted octanol–water partition coefficient (Wildman–Crippen LogP) is 2.37. The van der Waals surface area contributed by atoms with E-state index in [-0.39, 0.29) is 5.41 Å². The van der Waals surface area contributed by atoms with Crippen LogP contribution < -0.4 is 9.47 Å². The minimum atomic E-state index is -0.0614. The Balaban J connectivity index is 1.79. The second-order valence-corrected chi connectivity index (χ2v) is 5.83. The lowest BCUT2D eigenvalue weighted by atomic mass is 9.97. The van der Waals surface area contributed by atoms with Gasteiger partial charge in [0, 0.05) is 19.6 Å². The Morgan fingerprint density at radius 3 is 2.40 bits per heavy atom. The Kier molecular flexibility index (Phi) is 3.31. The van der Waals surface area contributed by atoms with Crippen molar-refractivity contribution < 1.29 is 9.47 Å². The van der Waals surface area contributed by atoms with Crippen molar-refractivity contribution in [2.24, 2.45) is 5.41 Å². The van der Waals surface area contributed by atoms with Crippen molar-refractivity contribution in [1.82, 2.24) is 4.90 Å². The molecule has 0 unspecified atom stereocenters. The van der Waals surface area contributed by atoms with E-state index < -0.39 is 0 Å². The molecule has 1 aliphatic heterocycles. The smallest absolute Gasteiger partial charge is 0.161 e. The van der Waals surface area contributed by atoms with Crippen LogP contribution in [0.25, 0.3) is 0 Å². The van der Waals surface area contributed by atoms with Gasteiger partial charge in [0.1, 0.15) is 0 Å². The fourth-order valence-corrected chi connectivity index (χ4v) is 2.96. The minimum Gasteiger partial charge on any atom is -0.493 e. The molecule has 20 heavy (non-hydrogen) atoms. The number of benzene rings is 1. The van der Waals surface area contributed by atoms with E-state index >= 15 is 0 Å². The first-order valence-corrected chi connectivity index (χ1v) is 7.07. The van der Waals surface area contributed by atoms with Gasteiger partial charge in [0.2, 0.25) is 0 Å². The van der Waals surface area contributed by atoms with Crippen LogP contribution in [0.15, 0.2) is 12.1 Å². The van der Waals surface area contributed by atoms with Crippen LogP contribution >= 0.6 is 0 Å². The molecule has 1 heterocycles. The zero-order chi connectivity index (χ0) is 14.2. The number of rotatable bonds is 4. The molecule has 0 amide bonds. The van der Waals surface area contributed by atoms with Gasteiger partial charge in [-0.05, 0) is 42.5 Å². The van der Waals surface area contributed by atoms with Gasteiger partial charge in [0.05, 0.1) is 25.7 Å². The molecule has 106 valence electrons. The topological polar surface area (TPSA) is 45.5 Å². The Morgan fingerprint density at radius 1 is 1.20 bits per heavy atom. The number of fused-ring (bicyclic) bond motifs is 1. The lowest BCUT2D eigenvalue weighted by Crippen LogP contribution is -2.35. The summed E-state index contributed by atoms with van der Waals surface area (Å²) in [5, 5.41) is 9.22. The van der Waals surface area contributed by atoms with Crippen molar-refractivity contribution in [1.29, 1.82) is 5.26 Å². The van der Waals surface area contributed by atoms with Crippen molar-refractivity contribution in [2.75, 3.05) is 27.3 Å². The highest BCUT2D eigenvalue weighted by Crippen LogP contribution is 2.46. The maximum Gasteiger partial charge on any atom is 0.161 e. The van der Waals surface area contributed by atoms with E-state index in [1.165, 1.54) is 11.1 Å². The highest BCUT2D eigenvalue weighted by Gasteiger charge is 2.44. The molecule has 1 aromatic rings. The molecule has 0 bridgehead atoms. The minimum absolute atomic E-state index is 0.0614. The van der Waals surface area contributed by atoms with Gasteiger partial charge in [0.25, 0.3) is 0 Å². The third kappa shape index (κ3) is 2.34. The van der Waals surface area contributed by atoms with Crippen molar-refractivity contribution in [3.63, 3.8) is 0 Å². The van der Waals surface area contributed by atoms with Gasteiger partial charge in [-0.3, -0.25) is 4.90 Å². The molecule has 0 aromatic heterocycles. The summed E-state index contributed by atoms with van der Waals surface area (Å²) in [4.78, 5) is 2.39. The fraction of sp³-hybridized carbons (Fsp3) is 0.562. The molecule has 4 heteroatoms. The number of nitrogens with zero attached hydrogens (tertiary/aromatic N) is 2. The lowest BCUT2D eigenvalue weighted by molar-refractivity contribution is 0.223. The van der Waals surface area contributed by atoms with E-state index in [1.807, 2.05) is 0 Å². The first-order valence-electron chi connectivity index (χ1n) is 7.07. The third-order valence-electron chi connectivity index (χ3n) is 4.41. The van der Waals surface area contributed by atoms with Crippen LogP contribution in [0.4, 0.5) is 0 Å². The standard InChI is InChI=1S/C16H20N2O2/c1-19-14-7-12-3-6-18(11-16(10-17)4-5-16)9-13(12)8-15(14)20-2/h7-8H,3-6,9,11H2,1-2H3. The Labute approximate surface area is 119 Å². The van der Waals surface area contributed by atoms with Crippen LogP contribution in [0.3, 0.4) is 0 Å². The van der Waals surface area contributed by atoms with E-state index in [2.05, 4.69) is 23.1 Å². The van der Waals surface area contributed by atoms with E-state index in [1.54, 1.807) is 14.2 Å². The van der Waals surface area contributed by atoms with E-state index in [9.17, 15) is 5.26 Å². The average Bonchev–Trinajstić information content (AvgIpc) is 3.26. The summed E-state index contributed by atoms with van der Waals surface area (Å²) in [6, 6.07) is 6.64. The largest absolute Gasteiger partial charge is 0.493 e. The van der Waals surface area contributed by atoms with Crippen LogP contribution in [0.1, 0.15) is 24.0 Å². The maximum atomic E-state index is 9.22. The van der Waals surface area contributed by atoms with E-state index in [0.717, 1.165) is 50.4 Å². The van der Waals surface area contributed by atoms with Gasteiger partial charge in [-0.2, -0.15) is 5.26 Å². The molecule has 1 fully saturated rings. The predicted molar refractivity (Wildman–Crippen MR) is 75.8 cm³/mol. The van der Waals surface area contributed by atoms with Gasteiger partial charge in [-0.15, -0.1) is 0 Å². The van der Waals surface area contributed by atoms with Crippen LogP contribution in [0.2, 0.25) is 0 Å². The summed E-state index contributed by atoms with van der Waals surface area (Å²) in [7, 11) is 3.34. The number of nitriles is 1. The number of hydrogen-bond donors (Lipinski definition) is 0. The Hall–Kier alpha value is -1.73. The Bertz CT molecular complexity index is 558. The van der Waals surface area contributed by atoms with Crippen molar-refractivity contribution in [3.05, 3.63) is 23.3 Å². The zero-order valence-corrected chi connectivity index (χ0v) is 12.1. The SMILES string of the molecule is COc1cc2c(cc1OC)CN(CC1(C#N)CC1)CC2. The van der Waals surface area contributed by atoms with Crippen LogP contribution in [-0.2, 0) is 13.0 Å². The van der Waals surface area contributed by atoms with Crippen LogP contribution in [0.5, 0.6) is 11.5 Å². The zero-order valence-electron chi connectivity index (χ0n) is 12.1.